The molecule has 112 valence electrons. The van der Waals surface area contributed by atoms with E-state index >= 15 is 0 Å². The first-order chi connectivity index (χ1) is 11.7. The van der Waals surface area contributed by atoms with Crippen LogP contribution >= 0.6 is 0 Å². The van der Waals surface area contributed by atoms with Gasteiger partial charge in [0.25, 0.3) is 6.54 Å². The highest BCUT2D eigenvalue weighted by molar-refractivity contribution is 5.77. The second-order valence-electron chi connectivity index (χ2n) is 4.83. The van der Waals surface area contributed by atoms with Crippen LogP contribution in [0, 0.1) is 29.2 Å². The molecule has 0 atom stereocenters. The maximum atomic E-state index is 9.55. The zero-order valence-corrected chi connectivity index (χ0v) is 12.4. The molecule has 0 fully saturated rings. The van der Waals surface area contributed by atoms with Crippen LogP contribution in [0.2, 0.25) is 0 Å². The van der Waals surface area contributed by atoms with Crippen LogP contribution in [0.25, 0.3) is 10.4 Å². The van der Waals surface area contributed by atoms with Gasteiger partial charge in [0.05, 0.1) is 34.6 Å². The van der Waals surface area contributed by atoms with Crippen LogP contribution in [0.15, 0.2) is 46.1 Å². The molecule has 7 heteroatoms. The lowest BCUT2D eigenvalue weighted by Gasteiger charge is -2.03. The van der Waals surface area contributed by atoms with Gasteiger partial charge < -0.3 is 4.85 Å². The summed E-state index contributed by atoms with van der Waals surface area (Å²) in [5.74, 6) is 0.547. The number of para-hydroxylation sites is 2. The second-order valence-corrected chi connectivity index (χ2v) is 4.83. The summed E-state index contributed by atoms with van der Waals surface area (Å²) in [7, 11) is 0. The van der Waals surface area contributed by atoms with Crippen LogP contribution in [0.5, 0.6) is 0 Å². The van der Waals surface area contributed by atoms with Gasteiger partial charge in [-0.05, 0) is 18.2 Å². The molecule has 1 aliphatic heterocycles. The molecule has 0 aliphatic carbocycles. The standard InChI is InChI=1S/C17H9N7/c1-20-10-16-21-11(6-7-18)8-15(22-16)12(9-19)17-23-13-4-2-3-5-14(13)24-17/h2-5,8H,6,10H2. The van der Waals surface area contributed by atoms with Crippen molar-refractivity contribution in [3.8, 4) is 12.1 Å². The van der Waals surface area contributed by atoms with E-state index in [1.807, 2.05) is 30.3 Å². The number of rotatable bonds is 3. The molecule has 24 heavy (non-hydrogen) atoms. The summed E-state index contributed by atoms with van der Waals surface area (Å²) in [4.78, 5) is 20.4. The van der Waals surface area contributed by atoms with Gasteiger partial charge in [0, 0.05) is 0 Å². The average Bonchev–Trinajstić information content (AvgIpc) is 2.99. The monoisotopic (exact) mass is 311 g/mol. The average molecular weight is 311 g/mol. The molecule has 0 saturated heterocycles. The third-order valence-corrected chi connectivity index (χ3v) is 3.23. The minimum atomic E-state index is -0.0190. The lowest BCUT2D eigenvalue weighted by atomic mass is 10.1. The Morgan fingerprint density at radius 2 is 1.83 bits per heavy atom. The van der Waals surface area contributed by atoms with Crippen molar-refractivity contribution in [2.24, 2.45) is 9.98 Å². The third kappa shape index (κ3) is 2.85. The lowest BCUT2D eigenvalue weighted by molar-refractivity contribution is 0.929. The molecule has 0 spiro atoms. The molecule has 1 aromatic carbocycles. The van der Waals surface area contributed by atoms with Gasteiger partial charge in [-0.15, -0.1) is 0 Å². The minimum absolute atomic E-state index is 0.0190. The molecule has 0 bridgehead atoms. The molecule has 2 aromatic rings. The molecule has 1 aromatic heterocycles. The molecule has 0 N–H and O–H groups in total. The number of aromatic nitrogens is 2. The number of allylic oxidation sites excluding steroid dienone is 1. The number of fused-ring (bicyclic) bond motifs is 1. The zero-order chi connectivity index (χ0) is 16.9. The fourth-order valence-corrected chi connectivity index (χ4v) is 2.23. The first kappa shape index (κ1) is 15.0. The van der Waals surface area contributed by atoms with Gasteiger partial charge in [-0.3, -0.25) is 0 Å². The topological polar surface area (TPSA) is 102 Å². The van der Waals surface area contributed by atoms with Gasteiger partial charge >= 0.3 is 0 Å². The van der Waals surface area contributed by atoms with Crippen LogP contribution in [-0.2, 0) is 13.0 Å². The van der Waals surface area contributed by atoms with Gasteiger partial charge in [-0.1, -0.05) is 12.1 Å². The molecule has 2 heterocycles. The first-order valence-corrected chi connectivity index (χ1v) is 6.99. The first-order valence-electron chi connectivity index (χ1n) is 6.99. The Hall–Kier alpha value is -3.89. The van der Waals surface area contributed by atoms with Crippen molar-refractivity contribution in [2.75, 3.05) is 0 Å². The van der Waals surface area contributed by atoms with Crippen molar-refractivity contribution in [3.05, 3.63) is 75.5 Å². The Morgan fingerprint density at radius 3 is 2.42 bits per heavy atom. The highest BCUT2D eigenvalue weighted by Gasteiger charge is 2.16. The maximum Gasteiger partial charge on any atom is 0.273 e. The fraction of sp³-hybridized carbons (Fsp3) is 0.118. The third-order valence-electron chi connectivity index (χ3n) is 3.23. The van der Waals surface area contributed by atoms with E-state index in [0.717, 1.165) is 0 Å². The van der Waals surface area contributed by atoms with E-state index in [1.54, 1.807) is 6.07 Å². The second kappa shape index (κ2) is 6.48. The van der Waals surface area contributed by atoms with Crippen molar-refractivity contribution >= 4 is 5.57 Å². The predicted molar refractivity (Wildman–Crippen MR) is 82.9 cm³/mol. The molecular weight excluding hydrogens is 302 g/mol. The smallest absolute Gasteiger partial charge is 0.273 e. The molecular formula is C17H9N7. The SMILES string of the molecule is [C-]#[N+]Cc1nc(CC#N)cc(C(C#N)=C2N=c3ccccc3=N2)n1. The van der Waals surface area contributed by atoms with E-state index in [4.69, 9.17) is 11.8 Å². The zero-order valence-electron chi connectivity index (χ0n) is 12.4. The summed E-state index contributed by atoms with van der Waals surface area (Å²) in [6, 6.07) is 13.0. The van der Waals surface area contributed by atoms with Crippen LogP contribution in [0.4, 0.5) is 0 Å². The van der Waals surface area contributed by atoms with Crippen LogP contribution in [0.1, 0.15) is 17.2 Å². The molecule has 0 saturated carbocycles. The van der Waals surface area contributed by atoms with Crippen LogP contribution in [-0.4, -0.2) is 9.97 Å². The molecule has 3 rings (SSSR count). The predicted octanol–water partition coefficient (Wildman–Crippen LogP) is 1.11. The summed E-state index contributed by atoms with van der Waals surface area (Å²) in [5.41, 5.74) is 0.982. The number of nitriles is 2. The van der Waals surface area contributed by atoms with Gasteiger partial charge in [0.2, 0.25) is 5.82 Å². The normalized spacial score (nSPS) is 11.3. The summed E-state index contributed by atoms with van der Waals surface area (Å²) < 4.78 is 0. The minimum Gasteiger partial charge on any atom is -0.308 e. The molecule has 0 radical (unpaired) electrons. The van der Waals surface area contributed by atoms with E-state index in [0.29, 0.717) is 22.1 Å². The van der Waals surface area contributed by atoms with Crippen molar-refractivity contribution < 1.29 is 0 Å². The summed E-state index contributed by atoms with van der Waals surface area (Å²) in [6.07, 6.45) is 0.0725. The number of nitrogens with zero attached hydrogens (tertiary/aromatic N) is 7. The van der Waals surface area contributed by atoms with E-state index in [9.17, 15) is 5.26 Å². The van der Waals surface area contributed by atoms with Crippen molar-refractivity contribution in [3.63, 3.8) is 0 Å². The van der Waals surface area contributed by atoms with Gasteiger partial charge in [0.1, 0.15) is 11.6 Å². The van der Waals surface area contributed by atoms with E-state index in [-0.39, 0.29) is 30.2 Å². The number of hydrogen-bond acceptors (Lipinski definition) is 6. The lowest BCUT2D eigenvalue weighted by Crippen LogP contribution is -2.19. The summed E-state index contributed by atoms with van der Waals surface area (Å²) in [6.45, 7) is 6.94. The van der Waals surface area contributed by atoms with Gasteiger partial charge in [-0.2, -0.15) is 10.5 Å². The van der Waals surface area contributed by atoms with Gasteiger partial charge in [-0.25, -0.2) is 26.5 Å². The number of benzene rings is 1. The van der Waals surface area contributed by atoms with Crippen molar-refractivity contribution in [1.82, 2.24) is 9.97 Å². The Morgan fingerprint density at radius 1 is 1.12 bits per heavy atom. The Bertz CT molecular complexity index is 1020. The summed E-state index contributed by atoms with van der Waals surface area (Å²) >= 11 is 0. The summed E-state index contributed by atoms with van der Waals surface area (Å²) in [5, 5.41) is 19.8. The van der Waals surface area contributed by atoms with E-state index in [2.05, 4.69) is 30.9 Å². The Labute approximate surface area is 137 Å². The molecule has 0 unspecified atom stereocenters. The molecule has 7 nitrogen and oxygen atoms in total. The van der Waals surface area contributed by atoms with Gasteiger partial charge in [0.15, 0.2) is 5.82 Å². The highest BCUT2D eigenvalue weighted by Crippen LogP contribution is 2.20. The van der Waals surface area contributed by atoms with Crippen molar-refractivity contribution in [1.29, 1.82) is 10.5 Å². The maximum absolute atomic E-state index is 9.55. The van der Waals surface area contributed by atoms with Crippen LogP contribution < -0.4 is 10.7 Å². The number of hydrogen-bond donors (Lipinski definition) is 0. The largest absolute Gasteiger partial charge is 0.308 e. The Kier molecular flexibility index (Phi) is 4.05. The fourth-order valence-electron chi connectivity index (χ4n) is 2.23. The van der Waals surface area contributed by atoms with Crippen molar-refractivity contribution in [2.45, 2.75) is 13.0 Å². The Balaban J connectivity index is 2.18. The quantitative estimate of drug-likeness (QED) is 0.625. The molecule has 1 aliphatic rings. The van der Waals surface area contributed by atoms with Crippen LogP contribution in [0.3, 0.4) is 0 Å². The van der Waals surface area contributed by atoms with E-state index < -0.39 is 0 Å². The molecule has 0 amide bonds. The van der Waals surface area contributed by atoms with E-state index in [1.165, 1.54) is 0 Å². The highest BCUT2D eigenvalue weighted by atomic mass is 15.0.